The van der Waals surface area contributed by atoms with Crippen molar-refractivity contribution in [3.8, 4) is 0 Å². The van der Waals surface area contributed by atoms with Gasteiger partial charge in [-0.3, -0.25) is 9.59 Å². The monoisotopic (exact) mass is 349 g/mol. The van der Waals surface area contributed by atoms with Crippen LogP contribution in [0.5, 0.6) is 0 Å². The van der Waals surface area contributed by atoms with E-state index in [0.717, 1.165) is 63.8 Å². The fraction of sp³-hybridized carbons (Fsp3) is 0.895. The molecule has 0 bridgehead atoms. The molecule has 1 aliphatic carbocycles. The van der Waals surface area contributed by atoms with Crippen LogP contribution in [0.4, 0.5) is 0 Å². The number of fused-ring (bicyclic) bond motifs is 1. The zero-order valence-corrected chi connectivity index (χ0v) is 15.1. The van der Waals surface area contributed by atoms with Gasteiger partial charge in [0.1, 0.15) is 6.61 Å². The Labute approximate surface area is 150 Å². The van der Waals surface area contributed by atoms with Gasteiger partial charge in [-0.15, -0.1) is 0 Å². The number of rotatable bonds is 4. The molecule has 4 rings (SSSR count). The molecule has 6 heteroatoms. The van der Waals surface area contributed by atoms with Gasteiger partial charge in [0.2, 0.25) is 11.8 Å². The Kier molecular flexibility index (Phi) is 5.27. The molecule has 1 N–H and O–H groups in total. The molecule has 4 aliphatic rings. The van der Waals surface area contributed by atoms with Crippen LogP contribution < -0.4 is 5.32 Å². The van der Waals surface area contributed by atoms with Crippen LogP contribution in [-0.2, 0) is 14.3 Å². The summed E-state index contributed by atoms with van der Waals surface area (Å²) in [6.07, 6.45) is 7.08. The third kappa shape index (κ3) is 4.17. The summed E-state index contributed by atoms with van der Waals surface area (Å²) < 4.78 is 5.57. The predicted molar refractivity (Wildman–Crippen MR) is 93.9 cm³/mol. The average Bonchev–Trinajstić information content (AvgIpc) is 3.20. The summed E-state index contributed by atoms with van der Waals surface area (Å²) in [5.74, 6) is 2.51. The van der Waals surface area contributed by atoms with Crippen molar-refractivity contribution >= 4 is 11.8 Å². The summed E-state index contributed by atoms with van der Waals surface area (Å²) in [5.41, 5.74) is 0. The third-order valence-corrected chi connectivity index (χ3v) is 6.69. The topological polar surface area (TPSA) is 61.9 Å². The van der Waals surface area contributed by atoms with Crippen molar-refractivity contribution in [1.82, 2.24) is 15.1 Å². The molecule has 2 amide bonds. The van der Waals surface area contributed by atoms with Gasteiger partial charge in [-0.05, 0) is 56.5 Å². The van der Waals surface area contributed by atoms with Crippen LogP contribution in [0.3, 0.4) is 0 Å². The number of carbonyl (C=O) groups excluding carboxylic acids is 2. The molecule has 3 atom stereocenters. The van der Waals surface area contributed by atoms with Crippen molar-refractivity contribution in [3.63, 3.8) is 0 Å². The van der Waals surface area contributed by atoms with Gasteiger partial charge in [0.15, 0.2) is 0 Å². The lowest BCUT2D eigenvalue weighted by Gasteiger charge is -2.35. The van der Waals surface area contributed by atoms with Crippen molar-refractivity contribution in [1.29, 1.82) is 0 Å². The summed E-state index contributed by atoms with van der Waals surface area (Å²) in [4.78, 5) is 28.3. The van der Waals surface area contributed by atoms with E-state index in [-0.39, 0.29) is 18.6 Å². The van der Waals surface area contributed by atoms with E-state index < -0.39 is 0 Å². The lowest BCUT2D eigenvalue weighted by Crippen LogP contribution is -2.49. The van der Waals surface area contributed by atoms with Crippen LogP contribution in [0, 0.1) is 17.8 Å². The first kappa shape index (κ1) is 17.3. The van der Waals surface area contributed by atoms with Gasteiger partial charge in [0.05, 0.1) is 6.10 Å². The lowest BCUT2D eigenvalue weighted by molar-refractivity contribution is -0.134. The minimum Gasteiger partial charge on any atom is -0.365 e. The van der Waals surface area contributed by atoms with Gasteiger partial charge < -0.3 is 19.9 Å². The van der Waals surface area contributed by atoms with E-state index in [4.69, 9.17) is 4.74 Å². The number of hydrogen-bond donors (Lipinski definition) is 1. The second-order valence-electron chi connectivity index (χ2n) is 8.43. The Bertz CT molecular complexity index is 482. The quantitative estimate of drug-likeness (QED) is 0.818. The molecule has 3 unspecified atom stereocenters. The molecule has 0 radical (unpaired) electrons. The number of morpholine rings is 1. The first-order valence-corrected chi connectivity index (χ1v) is 10.1. The smallest absolute Gasteiger partial charge is 0.246 e. The van der Waals surface area contributed by atoms with Crippen molar-refractivity contribution in [2.75, 3.05) is 45.9 Å². The van der Waals surface area contributed by atoms with Crippen LogP contribution in [0.15, 0.2) is 0 Å². The fourth-order valence-electron chi connectivity index (χ4n) is 5.12. The van der Waals surface area contributed by atoms with Gasteiger partial charge in [-0.25, -0.2) is 0 Å². The summed E-state index contributed by atoms with van der Waals surface area (Å²) in [6, 6.07) is 0. The molecule has 4 fully saturated rings. The zero-order valence-electron chi connectivity index (χ0n) is 15.1. The second-order valence-corrected chi connectivity index (χ2v) is 8.43. The van der Waals surface area contributed by atoms with Crippen LogP contribution in [0.1, 0.15) is 38.5 Å². The number of nitrogens with one attached hydrogen (secondary N) is 1. The number of nitrogens with zero attached hydrogens (tertiary/aromatic N) is 2. The summed E-state index contributed by atoms with van der Waals surface area (Å²) >= 11 is 0. The Morgan fingerprint density at radius 1 is 1.12 bits per heavy atom. The van der Waals surface area contributed by atoms with Gasteiger partial charge in [-0.2, -0.15) is 0 Å². The van der Waals surface area contributed by atoms with Crippen molar-refractivity contribution in [3.05, 3.63) is 0 Å². The molecule has 0 spiro atoms. The minimum atomic E-state index is -0.0143. The van der Waals surface area contributed by atoms with Gasteiger partial charge in [0, 0.05) is 32.6 Å². The maximum atomic E-state index is 12.6. The molecule has 3 saturated heterocycles. The van der Waals surface area contributed by atoms with Crippen LogP contribution >= 0.6 is 0 Å². The molecule has 0 aromatic carbocycles. The number of likely N-dealkylation sites (tertiary alicyclic amines) is 2. The Morgan fingerprint density at radius 2 is 1.84 bits per heavy atom. The molecule has 0 aromatic heterocycles. The van der Waals surface area contributed by atoms with E-state index >= 15 is 0 Å². The van der Waals surface area contributed by atoms with E-state index in [0.29, 0.717) is 18.4 Å². The third-order valence-electron chi connectivity index (χ3n) is 6.69. The number of piperidine rings is 1. The Hall–Kier alpha value is -1.14. The van der Waals surface area contributed by atoms with Gasteiger partial charge in [0.25, 0.3) is 0 Å². The number of carbonyl (C=O) groups is 2. The van der Waals surface area contributed by atoms with Crippen molar-refractivity contribution in [2.24, 2.45) is 17.8 Å². The highest BCUT2D eigenvalue weighted by Crippen LogP contribution is 2.38. The van der Waals surface area contributed by atoms with E-state index in [1.165, 1.54) is 19.3 Å². The molecule has 6 nitrogen and oxygen atoms in total. The molecular formula is C19H31N3O3. The number of ether oxygens (including phenoxy) is 1. The predicted octanol–water partition coefficient (Wildman–Crippen LogP) is 0.862. The Balaban J connectivity index is 1.16. The van der Waals surface area contributed by atoms with E-state index in [9.17, 15) is 9.59 Å². The molecule has 3 aliphatic heterocycles. The lowest BCUT2D eigenvalue weighted by atomic mass is 9.92. The molecular weight excluding hydrogens is 318 g/mol. The van der Waals surface area contributed by atoms with Gasteiger partial charge in [-0.1, -0.05) is 6.42 Å². The standard InChI is InChI=1S/C19H31N3O3/c23-18-13-25-17(9-20-18)12-21-6-4-14(5-7-21)8-19(24)22-10-15-2-1-3-16(15)11-22/h14-17H,1-13H2,(H,20,23). The van der Waals surface area contributed by atoms with Crippen LogP contribution in [0.2, 0.25) is 0 Å². The van der Waals surface area contributed by atoms with Crippen molar-refractivity contribution < 1.29 is 14.3 Å². The first-order valence-electron chi connectivity index (χ1n) is 10.1. The van der Waals surface area contributed by atoms with E-state index in [2.05, 4.69) is 15.1 Å². The number of amides is 2. The molecule has 140 valence electrons. The van der Waals surface area contributed by atoms with Crippen molar-refractivity contribution in [2.45, 2.75) is 44.6 Å². The maximum Gasteiger partial charge on any atom is 0.246 e. The maximum absolute atomic E-state index is 12.6. The molecule has 1 saturated carbocycles. The minimum absolute atomic E-state index is 0.0143. The molecule has 25 heavy (non-hydrogen) atoms. The summed E-state index contributed by atoms with van der Waals surface area (Å²) in [6.45, 7) is 5.81. The van der Waals surface area contributed by atoms with E-state index in [1.807, 2.05) is 0 Å². The molecule has 3 heterocycles. The normalized spacial score (nSPS) is 34.2. The fourth-order valence-corrected chi connectivity index (χ4v) is 5.12. The SMILES string of the molecule is O=C1COC(CN2CCC(CC(=O)N3CC4CCCC4C3)CC2)CN1. The first-order chi connectivity index (χ1) is 12.2. The highest BCUT2D eigenvalue weighted by molar-refractivity contribution is 5.77. The largest absolute Gasteiger partial charge is 0.365 e. The summed E-state index contributed by atoms with van der Waals surface area (Å²) in [7, 11) is 0. The number of hydrogen-bond acceptors (Lipinski definition) is 4. The van der Waals surface area contributed by atoms with E-state index in [1.54, 1.807) is 0 Å². The van der Waals surface area contributed by atoms with Gasteiger partial charge >= 0.3 is 0 Å². The van der Waals surface area contributed by atoms with Crippen LogP contribution in [-0.4, -0.2) is 73.6 Å². The highest BCUT2D eigenvalue weighted by atomic mass is 16.5. The Morgan fingerprint density at radius 3 is 2.48 bits per heavy atom. The second kappa shape index (κ2) is 7.62. The summed E-state index contributed by atoms with van der Waals surface area (Å²) in [5, 5.41) is 2.86. The molecule has 0 aromatic rings. The highest BCUT2D eigenvalue weighted by Gasteiger charge is 2.38. The average molecular weight is 349 g/mol. The van der Waals surface area contributed by atoms with Crippen LogP contribution in [0.25, 0.3) is 0 Å². The zero-order chi connectivity index (χ0) is 17.2.